The molecule has 0 aliphatic carbocycles. The van der Waals surface area contributed by atoms with Gasteiger partial charge >= 0.3 is 6.03 Å². The van der Waals surface area contributed by atoms with E-state index in [1.165, 1.54) is 14.1 Å². The number of ether oxygens (including phenoxy) is 1. The van der Waals surface area contributed by atoms with E-state index in [9.17, 15) is 23.2 Å². The average Bonchev–Trinajstić information content (AvgIpc) is 2.88. The Morgan fingerprint density at radius 2 is 1.64 bits per heavy atom. The van der Waals surface area contributed by atoms with Gasteiger partial charge in [0, 0.05) is 59.1 Å². The van der Waals surface area contributed by atoms with Gasteiger partial charge in [0.25, 0.3) is 5.91 Å². The van der Waals surface area contributed by atoms with Gasteiger partial charge in [-0.05, 0) is 43.5 Å². The molecule has 2 fully saturated rings. The van der Waals surface area contributed by atoms with Crippen LogP contribution in [-0.2, 0) is 14.8 Å². The molecule has 3 rings (SSSR count). The number of anilines is 1. The van der Waals surface area contributed by atoms with Crippen LogP contribution in [-0.4, -0.2) is 104 Å². The normalized spacial score (nSPS) is 18.2. The van der Waals surface area contributed by atoms with Crippen LogP contribution in [0.4, 0.5) is 10.5 Å². The maximum absolute atomic E-state index is 13.7. The van der Waals surface area contributed by atoms with E-state index in [1.54, 1.807) is 19.6 Å². The number of amides is 3. The zero-order chi connectivity index (χ0) is 25.6. The van der Waals surface area contributed by atoms with Gasteiger partial charge in [-0.1, -0.05) is 13.3 Å². The molecular formula is C23H38ClN5O6S. The highest BCUT2D eigenvalue weighted by Crippen LogP contribution is 2.35. The van der Waals surface area contributed by atoms with Crippen LogP contribution in [0.25, 0.3) is 0 Å². The molecule has 0 radical (unpaired) electrons. The molecule has 2 heterocycles. The number of halogens is 1. The standard InChI is InChI=1S/C23H37N5O6S.ClH/c1-4-5-18-34-20-8-6-19(7-9-20)26-14-16-28(17-15-26)35(32,33)23(21(29)24-31)10-12-27(13-11-23)22(30)25(2)3;/h6-9,31H,4-5,10-18H2,1-3H3,(H,24,29);1H. The van der Waals surface area contributed by atoms with Gasteiger partial charge in [0.2, 0.25) is 10.0 Å². The molecule has 0 atom stereocenters. The van der Waals surface area contributed by atoms with Crippen molar-refractivity contribution >= 4 is 40.1 Å². The van der Waals surface area contributed by atoms with Crippen molar-refractivity contribution in [2.75, 3.05) is 64.9 Å². The van der Waals surface area contributed by atoms with E-state index in [0.29, 0.717) is 19.7 Å². The molecule has 3 amide bonds. The van der Waals surface area contributed by atoms with Gasteiger partial charge in [-0.3, -0.25) is 10.0 Å². The van der Waals surface area contributed by atoms with E-state index in [0.717, 1.165) is 24.3 Å². The summed E-state index contributed by atoms with van der Waals surface area (Å²) in [4.78, 5) is 30.0. The van der Waals surface area contributed by atoms with Crippen LogP contribution in [0.1, 0.15) is 32.6 Å². The summed E-state index contributed by atoms with van der Waals surface area (Å²) in [6, 6.07) is 7.51. The van der Waals surface area contributed by atoms with Crippen LogP contribution >= 0.6 is 12.4 Å². The molecule has 13 heteroatoms. The van der Waals surface area contributed by atoms with Gasteiger partial charge in [0.15, 0.2) is 4.75 Å². The van der Waals surface area contributed by atoms with Gasteiger partial charge < -0.3 is 19.4 Å². The number of carbonyl (C=O) groups is 2. The second-order valence-electron chi connectivity index (χ2n) is 9.19. The number of benzene rings is 1. The number of hydrogen-bond acceptors (Lipinski definition) is 7. The Labute approximate surface area is 219 Å². The molecular weight excluding hydrogens is 510 g/mol. The lowest BCUT2D eigenvalue weighted by Crippen LogP contribution is -2.64. The van der Waals surface area contributed by atoms with Crippen molar-refractivity contribution in [3.05, 3.63) is 24.3 Å². The first-order valence-corrected chi connectivity index (χ1v) is 13.5. The van der Waals surface area contributed by atoms with Gasteiger partial charge in [-0.2, -0.15) is 4.31 Å². The fourth-order valence-corrected chi connectivity index (χ4v) is 6.68. The van der Waals surface area contributed by atoms with Gasteiger partial charge in [-0.25, -0.2) is 18.7 Å². The van der Waals surface area contributed by atoms with E-state index >= 15 is 0 Å². The maximum atomic E-state index is 13.7. The third kappa shape index (κ3) is 6.16. The minimum atomic E-state index is -4.09. The Kier molecular flexibility index (Phi) is 10.6. The Bertz CT molecular complexity index is 975. The number of hydroxylamine groups is 1. The van der Waals surface area contributed by atoms with Crippen LogP contribution in [0.3, 0.4) is 0 Å². The van der Waals surface area contributed by atoms with Crippen molar-refractivity contribution in [1.82, 2.24) is 19.6 Å². The fraction of sp³-hybridized carbons (Fsp3) is 0.652. The first-order valence-electron chi connectivity index (χ1n) is 12.0. The quantitative estimate of drug-likeness (QED) is 0.289. The number of likely N-dealkylation sites (tertiary alicyclic amines) is 1. The van der Waals surface area contributed by atoms with E-state index in [-0.39, 0.29) is 57.5 Å². The molecule has 11 nitrogen and oxygen atoms in total. The number of carbonyl (C=O) groups excluding carboxylic acids is 2. The lowest BCUT2D eigenvalue weighted by atomic mass is 9.95. The highest BCUT2D eigenvalue weighted by Gasteiger charge is 2.55. The van der Waals surface area contributed by atoms with Crippen LogP contribution in [0, 0.1) is 0 Å². The molecule has 0 spiro atoms. The molecule has 0 bridgehead atoms. The first-order chi connectivity index (χ1) is 16.7. The summed E-state index contributed by atoms with van der Waals surface area (Å²) in [5.41, 5.74) is 2.54. The molecule has 204 valence electrons. The van der Waals surface area contributed by atoms with Crippen molar-refractivity contribution < 1.29 is 28.0 Å². The highest BCUT2D eigenvalue weighted by molar-refractivity contribution is 7.91. The summed E-state index contributed by atoms with van der Waals surface area (Å²) in [5.74, 6) is -0.144. The molecule has 2 N–H and O–H groups in total. The summed E-state index contributed by atoms with van der Waals surface area (Å²) in [7, 11) is -0.852. The number of nitrogens with zero attached hydrogens (tertiary/aromatic N) is 4. The molecule has 0 unspecified atom stereocenters. The molecule has 0 saturated carbocycles. The number of hydrogen-bond donors (Lipinski definition) is 2. The van der Waals surface area contributed by atoms with E-state index in [1.807, 2.05) is 24.3 Å². The molecule has 2 aliphatic rings. The summed E-state index contributed by atoms with van der Waals surface area (Å²) in [6.07, 6.45) is 1.90. The number of rotatable bonds is 8. The second kappa shape index (κ2) is 12.8. The van der Waals surface area contributed by atoms with Crippen LogP contribution < -0.4 is 15.1 Å². The Balaban J connectivity index is 0.00000456. The number of piperidine rings is 1. The zero-order valence-corrected chi connectivity index (χ0v) is 22.8. The molecule has 1 aromatic rings. The van der Waals surface area contributed by atoms with Crippen LogP contribution in [0.5, 0.6) is 5.75 Å². The largest absolute Gasteiger partial charge is 0.494 e. The fourth-order valence-electron chi connectivity index (χ4n) is 4.57. The maximum Gasteiger partial charge on any atom is 0.319 e. The first kappa shape index (κ1) is 29.9. The predicted octanol–water partition coefficient (Wildman–Crippen LogP) is 1.76. The zero-order valence-electron chi connectivity index (χ0n) is 21.2. The van der Waals surface area contributed by atoms with Crippen LogP contribution in [0.15, 0.2) is 24.3 Å². The van der Waals surface area contributed by atoms with Crippen molar-refractivity contribution in [1.29, 1.82) is 0 Å². The molecule has 1 aromatic carbocycles. The average molecular weight is 548 g/mol. The summed E-state index contributed by atoms with van der Waals surface area (Å²) >= 11 is 0. The van der Waals surface area contributed by atoms with Crippen LogP contribution in [0.2, 0.25) is 0 Å². The third-order valence-corrected chi connectivity index (χ3v) is 9.41. The van der Waals surface area contributed by atoms with Crippen molar-refractivity contribution in [2.45, 2.75) is 37.4 Å². The third-order valence-electron chi connectivity index (χ3n) is 6.78. The van der Waals surface area contributed by atoms with Crippen molar-refractivity contribution in [3.63, 3.8) is 0 Å². The topological polar surface area (TPSA) is 123 Å². The lowest BCUT2D eigenvalue weighted by molar-refractivity contribution is -0.133. The number of unbranched alkanes of at least 4 members (excludes halogenated alkanes) is 1. The summed E-state index contributed by atoms with van der Waals surface area (Å²) in [6.45, 7) is 4.38. The van der Waals surface area contributed by atoms with E-state index < -0.39 is 20.7 Å². The Hall–Kier alpha value is -2.28. The highest BCUT2D eigenvalue weighted by atomic mass is 35.5. The number of urea groups is 1. The Morgan fingerprint density at radius 1 is 1.06 bits per heavy atom. The summed E-state index contributed by atoms with van der Waals surface area (Å²) in [5, 5.41) is 9.37. The van der Waals surface area contributed by atoms with Crippen molar-refractivity contribution in [2.24, 2.45) is 0 Å². The smallest absolute Gasteiger partial charge is 0.319 e. The van der Waals surface area contributed by atoms with Gasteiger partial charge in [-0.15, -0.1) is 12.4 Å². The van der Waals surface area contributed by atoms with Gasteiger partial charge in [0.05, 0.1) is 6.61 Å². The van der Waals surface area contributed by atoms with Gasteiger partial charge in [0.1, 0.15) is 5.75 Å². The lowest BCUT2D eigenvalue weighted by Gasteiger charge is -2.44. The molecule has 2 aliphatic heterocycles. The molecule has 2 saturated heterocycles. The summed E-state index contributed by atoms with van der Waals surface area (Å²) < 4.78 is 32.6. The van der Waals surface area contributed by atoms with E-state index in [2.05, 4.69) is 11.8 Å². The second-order valence-corrected chi connectivity index (χ2v) is 11.4. The number of piperazine rings is 1. The van der Waals surface area contributed by atoms with E-state index in [4.69, 9.17) is 4.74 Å². The monoisotopic (exact) mass is 547 g/mol. The minimum absolute atomic E-state index is 0. The number of sulfonamides is 1. The predicted molar refractivity (Wildman–Crippen MR) is 139 cm³/mol. The molecule has 0 aromatic heterocycles. The minimum Gasteiger partial charge on any atom is -0.494 e. The Morgan fingerprint density at radius 3 is 2.14 bits per heavy atom. The van der Waals surface area contributed by atoms with Crippen molar-refractivity contribution in [3.8, 4) is 5.75 Å². The number of nitrogens with one attached hydrogen (secondary N) is 1. The SMILES string of the molecule is CCCCOc1ccc(N2CCN(S(=O)(=O)C3(C(=O)NO)CCN(C(=O)N(C)C)CC3)CC2)cc1.Cl. The molecule has 36 heavy (non-hydrogen) atoms.